The summed E-state index contributed by atoms with van der Waals surface area (Å²) < 4.78 is 71.9. The number of fused-ring (bicyclic) bond motifs is 8. The maximum atomic E-state index is 14.7. The number of esters is 2. The van der Waals surface area contributed by atoms with Crippen LogP contribution in [-0.2, 0) is 36.8 Å². The number of benzene rings is 5. The maximum Gasteiger partial charge on any atom is 0.348 e. The molecule has 0 saturated carbocycles. The largest absolute Gasteiger partial charge is 0.490 e. The summed E-state index contributed by atoms with van der Waals surface area (Å²) in [6.45, 7) is 13.4. The van der Waals surface area contributed by atoms with Gasteiger partial charge in [-0.25, -0.2) is 33.9 Å². The van der Waals surface area contributed by atoms with E-state index in [0.717, 1.165) is 26.2 Å². The quantitative estimate of drug-likeness (QED) is 0.0595. The van der Waals surface area contributed by atoms with E-state index in [1.807, 2.05) is 32.0 Å². The van der Waals surface area contributed by atoms with Gasteiger partial charge in [-0.05, 0) is 137 Å². The van der Waals surface area contributed by atoms with Gasteiger partial charge < -0.3 is 47.5 Å². The molecule has 0 aliphatic carbocycles. The number of rotatable bonds is 13. The van der Waals surface area contributed by atoms with E-state index in [2.05, 4.69) is 21.8 Å². The van der Waals surface area contributed by atoms with Crippen molar-refractivity contribution in [2.24, 2.45) is 0 Å². The van der Waals surface area contributed by atoms with Gasteiger partial charge in [0, 0.05) is 79.0 Å². The SMILES string of the molecule is Cc1c(Cl)c2c(Cl)c(C)c1-c1c(-c3ccc(F)cc3)sc3ncnc(c13)O[C@@H](C(=O)OC(C)(C)C)Cc1cc(ccc1OCc1ccnc(-c3ccc(O[C@H]4CO[C@H]5[C@@H]4OC[C@@H]5OC(=O)c4ccc([N+](=O)[O-])cc4)cc3)n1)OC[C@@H](CN1CCN(C)CC1)O2. The molecule has 8 aromatic rings. The van der Waals surface area contributed by atoms with Crippen LogP contribution < -0.4 is 23.7 Å². The molecular formula is C65H62Cl2FN7O13S. The third-order valence-electron chi connectivity index (χ3n) is 15.8. The second-order valence-electron chi connectivity index (χ2n) is 23.2. The summed E-state index contributed by atoms with van der Waals surface area (Å²) in [5.74, 6) is 0.491. The molecule has 0 amide bonds. The van der Waals surface area contributed by atoms with E-state index in [-0.39, 0.29) is 50.0 Å². The van der Waals surface area contributed by atoms with Gasteiger partial charge in [0.05, 0.1) is 44.8 Å². The molecule has 8 heterocycles. The Hall–Kier alpha value is -8.09. The number of nitro benzene ring substituents is 1. The number of thiophene rings is 1. The summed E-state index contributed by atoms with van der Waals surface area (Å²) in [4.78, 5) is 62.9. The van der Waals surface area contributed by atoms with Crippen molar-refractivity contribution < 1.29 is 61.5 Å². The number of hydrogen-bond acceptors (Lipinski definition) is 20. The number of ether oxygens (including phenoxy) is 9. The highest BCUT2D eigenvalue weighted by Gasteiger charge is 2.51. The monoisotopic (exact) mass is 1270 g/mol. The van der Waals surface area contributed by atoms with Crippen LogP contribution in [0.25, 0.3) is 43.2 Å². The number of halogens is 3. The van der Waals surface area contributed by atoms with Crippen LogP contribution in [0.1, 0.15) is 53.5 Å². The van der Waals surface area contributed by atoms with E-state index >= 15 is 0 Å². The van der Waals surface area contributed by atoms with Crippen LogP contribution in [0, 0.1) is 29.8 Å². The van der Waals surface area contributed by atoms with Crippen LogP contribution in [0.3, 0.4) is 0 Å². The predicted molar refractivity (Wildman–Crippen MR) is 330 cm³/mol. The molecule has 462 valence electrons. The molecule has 5 aromatic carbocycles. The second-order valence-corrected chi connectivity index (χ2v) is 25.0. The summed E-state index contributed by atoms with van der Waals surface area (Å²) in [6.07, 6.45) is -1.23. The van der Waals surface area contributed by atoms with Crippen molar-refractivity contribution in [3.8, 4) is 61.8 Å². The molecule has 13 rings (SSSR count). The highest BCUT2D eigenvalue weighted by molar-refractivity contribution is 7.22. The molecule has 3 saturated heterocycles. The number of aromatic nitrogens is 4. The molecule has 5 aliphatic heterocycles. The lowest BCUT2D eigenvalue weighted by Crippen LogP contribution is -2.49. The standard InChI is InChI=1S/C65H62Cl2FN7O13S/c1-35-51-36(2)55(67)58(54(35)66)85-46(29-74-25-23-73(6)24-26-74)31-80-45-19-20-47(40(27-45)28-48(64(77)88-65(3,4)5)86-61-53-52(51)59(89-62(53)71-34-70-61)37-7-13-41(68)14-8-37)81-30-42-21-22-69-60(72-42)38-11-17-44(18-12-38)84-49-32-82-57-50(33-83-56(49)57)87-63(76)39-9-15-43(16-10-39)75(78)79/h7-22,27,34,46,48-50,56-57H,23-26,28-33H2,1-6H3/t46-,48-,49+,50+,56-,57-/m1/s1. The van der Waals surface area contributed by atoms with Gasteiger partial charge in [-0.15, -0.1) is 11.3 Å². The average Bonchev–Trinajstić information content (AvgIpc) is 1.88. The lowest BCUT2D eigenvalue weighted by Gasteiger charge is -2.35. The zero-order chi connectivity index (χ0) is 62.3. The molecule has 20 nitrogen and oxygen atoms in total. The Morgan fingerprint density at radius 2 is 1.52 bits per heavy atom. The Kier molecular flexibility index (Phi) is 17.7. The van der Waals surface area contributed by atoms with Gasteiger partial charge >= 0.3 is 11.9 Å². The Labute approximate surface area is 525 Å². The molecule has 24 heteroatoms. The average molecular weight is 1270 g/mol. The highest BCUT2D eigenvalue weighted by atomic mass is 35.5. The highest BCUT2D eigenvalue weighted by Crippen LogP contribution is 2.53. The molecule has 0 N–H and O–H groups in total. The minimum absolute atomic E-state index is 0.00830. The lowest BCUT2D eigenvalue weighted by molar-refractivity contribution is -0.384. The van der Waals surface area contributed by atoms with Gasteiger partial charge in [-0.3, -0.25) is 15.0 Å². The number of nitrogens with zero attached hydrogens (tertiary/aromatic N) is 7. The van der Waals surface area contributed by atoms with Crippen LogP contribution in [0.2, 0.25) is 10.0 Å². The summed E-state index contributed by atoms with van der Waals surface area (Å²) in [6, 6.07) is 25.7. The first kappa shape index (κ1) is 61.2. The number of piperazine rings is 1. The normalized spacial score (nSPS) is 20.4. The Morgan fingerprint density at radius 1 is 0.820 bits per heavy atom. The van der Waals surface area contributed by atoms with Crippen molar-refractivity contribution in [2.75, 3.05) is 59.6 Å². The zero-order valence-electron chi connectivity index (χ0n) is 49.4. The molecule has 5 aliphatic rings. The number of hydrogen-bond donors (Lipinski definition) is 0. The number of nitro groups is 1. The molecular weight excluding hydrogens is 1210 g/mol. The van der Waals surface area contributed by atoms with Gasteiger partial charge in [0.1, 0.15) is 71.4 Å². The molecule has 0 spiro atoms. The Morgan fingerprint density at radius 3 is 2.22 bits per heavy atom. The first-order chi connectivity index (χ1) is 42.8. The van der Waals surface area contributed by atoms with Crippen LogP contribution in [0.4, 0.5) is 10.1 Å². The Bertz CT molecular complexity index is 3930. The number of non-ortho nitro benzene ring substituents is 1. The second kappa shape index (κ2) is 25.8. The van der Waals surface area contributed by atoms with E-state index in [4.69, 9.17) is 80.8 Å². The lowest BCUT2D eigenvalue weighted by atomic mass is 9.92. The number of carbonyl (C=O) groups is 2. The fraction of sp³-hybridized carbons (Fsp3) is 0.354. The van der Waals surface area contributed by atoms with Crippen molar-refractivity contribution in [1.82, 2.24) is 29.7 Å². The van der Waals surface area contributed by atoms with Gasteiger partial charge in [-0.2, -0.15) is 0 Å². The third kappa shape index (κ3) is 13.4. The number of carbonyl (C=O) groups excluding carboxylic acids is 2. The number of likely N-dealkylation sites (N-methyl/N-ethyl adjacent to an activating group) is 1. The first-order valence-electron chi connectivity index (χ1n) is 29.0. The van der Waals surface area contributed by atoms with Crippen LogP contribution in [-0.4, -0.2) is 148 Å². The molecule has 6 atom stereocenters. The minimum Gasteiger partial charge on any atom is -0.490 e. The zero-order valence-corrected chi connectivity index (χ0v) is 51.7. The van der Waals surface area contributed by atoms with Crippen LogP contribution >= 0.6 is 34.5 Å². The van der Waals surface area contributed by atoms with Gasteiger partial charge in [0.2, 0.25) is 12.0 Å². The van der Waals surface area contributed by atoms with E-state index in [1.165, 1.54) is 54.1 Å². The van der Waals surface area contributed by atoms with E-state index in [9.17, 15) is 24.1 Å². The van der Waals surface area contributed by atoms with Gasteiger partial charge in [0.15, 0.2) is 23.8 Å². The van der Waals surface area contributed by atoms with Crippen molar-refractivity contribution >= 4 is 62.4 Å². The Balaban J connectivity index is 0.829. The summed E-state index contributed by atoms with van der Waals surface area (Å²) in [5.41, 5.74) is 4.18. The summed E-state index contributed by atoms with van der Waals surface area (Å²) >= 11 is 16.2. The molecule has 3 aromatic heterocycles. The fourth-order valence-electron chi connectivity index (χ4n) is 11.3. The van der Waals surface area contributed by atoms with Gasteiger partial charge in [0.25, 0.3) is 5.69 Å². The molecule has 0 unspecified atom stereocenters. The van der Waals surface area contributed by atoms with Crippen LogP contribution in [0.15, 0.2) is 110 Å². The minimum atomic E-state index is -1.32. The van der Waals surface area contributed by atoms with E-state index in [1.54, 1.807) is 69.4 Å². The molecule has 3 fully saturated rings. The van der Waals surface area contributed by atoms with Crippen molar-refractivity contribution in [3.05, 3.63) is 164 Å². The van der Waals surface area contributed by atoms with Crippen molar-refractivity contribution in [2.45, 2.75) is 89.9 Å². The molecule has 89 heavy (non-hydrogen) atoms. The molecule has 4 bridgehead atoms. The van der Waals surface area contributed by atoms with Gasteiger partial charge in [-0.1, -0.05) is 35.3 Å². The molecule has 0 radical (unpaired) electrons. The third-order valence-corrected chi connectivity index (χ3v) is 17.8. The smallest absolute Gasteiger partial charge is 0.348 e. The van der Waals surface area contributed by atoms with E-state index < -0.39 is 64.9 Å². The summed E-state index contributed by atoms with van der Waals surface area (Å²) in [5, 5.41) is 12.1. The first-order valence-corrected chi connectivity index (χ1v) is 30.5. The van der Waals surface area contributed by atoms with Crippen LogP contribution in [0.5, 0.6) is 28.9 Å². The summed E-state index contributed by atoms with van der Waals surface area (Å²) in [7, 11) is 2.10. The van der Waals surface area contributed by atoms with Crippen molar-refractivity contribution in [1.29, 1.82) is 0 Å². The maximum absolute atomic E-state index is 14.7. The fourth-order valence-corrected chi connectivity index (χ4v) is 12.9. The predicted octanol–water partition coefficient (Wildman–Crippen LogP) is 11.5. The van der Waals surface area contributed by atoms with E-state index in [0.29, 0.717) is 105 Å². The van der Waals surface area contributed by atoms with Crippen molar-refractivity contribution in [3.63, 3.8) is 0 Å². The topological polar surface area (TPSA) is 218 Å².